The van der Waals surface area contributed by atoms with Crippen LogP contribution in [0.3, 0.4) is 0 Å². The molecule has 3 nitrogen and oxygen atoms in total. The third-order valence-corrected chi connectivity index (χ3v) is 2.72. The molecule has 2 N–H and O–H groups in total. The van der Waals surface area contributed by atoms with Gasteiger partial charge in [-0.05, 0) is 38.5 Å². The Bertz CT molecular complexity index is 358. The van der Waals surface area contributed by atoms with Gasteiger partial charge in [0.25, 0.3) is 0 Å². The molecule has 3 heteroatoms. The minimum absolute atomic E-state index is 0.00731. The van der Waals surface area contributed by atoms with Crippen molar-refractivity contribution in [2.45, 2.75) is 32.0 Å². The fourth-order valence-corrected chi connectivity index (χ4v) is 1.98. The SMILES string of the molecule is CC1(C)COC(C)(c2ccc(O)cc2)N1. The fourth-order valence-electron chi connectivity index (χ4n) is 1.98. The van der Waals surface area contributed by atoms with Gasteiger partial charge in [0, 0.05) is 5.54 Å². The van der Waals surface area contributed by atoms with E-state index in [2.05, 4.69) is 19.2 Å². The van der Waals surface area contributed by atoms with Gasteiger partial charge in [0.2, 0.25) is 0 Å². The zero-order valence-electron chi connectivity index (χ0n) is 9.37. The Hall–Kier alpha value is -1.06. The second kappa shape index (κ2) is 3.22. The molecule has 0 radical (unpaired) electrons. The topological polar surface area (TPSA) is 41.5 Å². The molecule has 1 unspecified atom stereocenters. The third kappa shape index (κ3) is 1.98. The molecule has 15 heavy (non-hydrogen) atoms. The van der Waals surface area contributed by atoms with Crippen LogP contribution in [0.15, 0.2) is 24.3 Å². The van der Waals surface area contributed by atoms with Crippen molar-refractivity contribution < 1.29 is 9.84 Å². The van der Waals surface area contributed by atoms with Crippen LogP contribution >= 0.6 is 0 Å². The van der Waals surface area contributed by atoms with Crippen LogP contribution in [0.5, 0.6) is 5.75 Å². The molecule has 1 aromatic rings. The fraction of sp³-hybridized carbons (Fsp3) is 0.500. The number of phenols is 1. The molecule has 82 valence electrons. The molecule has 0 spiro atoms. The maximum absolute atomic E-state index is 9.22. The Morgan fingerprint density at radius 2 is 1.80 bits per heavy atom. The number of rotatable bonds is 1. The van der Waals surface area contributed by atoms with Crippen LogP contribution in [-0.2, 0) is 10.5 Å². The van der Waals surface area contributed by atoms with E-state index in [1.54, 1.807) is 12.1 Å². The van der Waals surface area contributed by atoms with Gasteiger partial charge in [-0.2, -0.15) is 0 Å². The summed E-state index contributed by atoms with van der Waals surface area (Å²) in [6.07, 6.45) is 0. The lowest BCUT2D eigenvalue weighted by Gasteiger charge is -2.27. The first-order chi connectivity index (χ1) is 6.91. The van der Waals surface area contributed by atoms with E-state index in [9.17, 15) is 5.11 Å². The third-order valence-electron chi connectivity index (χ3n) is 2.72. The summed E-state index contributed by atoms with van der Waals surface area (Å²) >= 11 is 0. The van der Waals surface area contributed by atoms with Crippen LogP contribution in [0.1, 0.15) is 26.3 Å². The Kier molecular flexibility index (Phi) is 2.24. The lowest BCUT2D eigenvalue weighted by molar-refractivity contribution is 0.00216. The van der Waals surface area contributed by atoms with E-state index >= 15 is 0 Å². The molecule has 1 heterocycles. The molecule has 2 rings (SSSR count). The maximum atomic E-state index is 9.22. The maximum Gasteiger partial charge on any atom is 0.143 e. The van der Waals surface area contributed by atoms with Gasteiger partial charge in [-0.15, -0.1) is 0 Å². The number of nitrogens with one attached hydrogen (secondary N) is 1. The highest BCUT2D eigenvalue weighted by molar-refractivity contribution is 5.30. The van der Waals surface area contributed by atoms with E-state index in [0.717, 1.165) is 5.56 Å². The van der Waals surface area contributed by atoms with Gasteiger partial charge in [-0.1, -0.05) is 12.1 Å². The van der Waals surface area contributed by atoms with Crippen LogP contribution in [0, 0.1) is 0 Å². The van der Waals surface area contributed by atoms with E-state index < -0.39 is 5.72 Å². The smallest absolute Gasteiger partial charge is 0.143 e. The van der Waals surface area contributed by atoms with E-state index in [1.165, 1.54) is 0 Å². The molecule has 0 aromatic heterocycles. The van der Waals surface area contributed by atoms with Gasteiger partial charge in [-0.3, -0.25) is 5.32 Å². The van der Waals surface area contributed by atoms with Crippen LogP contribution in [-0.4, -0.2) is 17.3 Å². The van der Waals surface area contributed by atoms with Gasteiger partial charge in [-0.25, -0.2) is 0 Å². The minimum atomic E-state index is -0.447. The van der Waals surface area contributed by atoms with Crippen molar-refractivity contribution in [1.82, 2.24) is 5.32 Å². The zero-order chi connectivity index (χ0) is 11.1. The predicted molar refractivity (Wildman–Crippen MR) is 58.6 cm³/mol. The molecule has 0 bridgehead atoms. The van der Waals surface area contributed by atoms with Crippen molar-refractivity contribution >= 4 is 0 Å². The first-order valence-electron chi connectivity index (χ1n) is 5.14. The Morgan fingerprint density at radius 3 is 2.27 bits per heavy atom. The zero-order valence-corrected chi connectivity index (χ0v) is 9.37. The molecule has 1 aliphatic rings. The summed E-state index contributed by atoms with van der Waals surface area (Å²) in [6.45, 7) is 6.91. The number of phenolic OH excluding ortho intramolecular Hbond substituents is 1. The molecule has 0 saturated carbocycles. The van der Waals surface area contributed by atoms with Gasteiger partial charge >= 0.3 is 0 Å². The first-order valence-corrected chi connectivity index (χ1v) is 5.14. The summed E-state index contributed by atoms with van der Waals surface area (Å²) in [7, 11) is 0. The highest BCUT2D eigenvalue weighted by atomic mass is 16.5. The van der Waals surface area contributed by atoms with Crippen LogP contribution < -0.4 is 5.32 Å². The normalized spacial score (nSPS) is 29.3. The Morgan fingerprint density at radius 1 is 1.20 bits per heavy atom. The van der Waals surface area contributed by atoms with Crippen molar-refractivity contribution in [3.8, 4) is 5.75 Å². The predicted octanol–water partition coefficient (Wildman–Crippen LogP) is 1.96. The molecule has 1 saturated heterocycles. The Balaban J connectivity index is 2.27. The summed E-state index contributed by atoms with van der Waals surface area (Å²) in [6, 6.07) is 7.11. The summed E-state index contributed by atoms with van der Waals surface area (Å²) in [4.78, 5) is 0. The van der Waals surface area contributed by atoms with Crippen LogP contribution in [0.4, 0.5) is 0 Å². The summed E-state index contributed by atoms with van der Waals surface area (Å²) in [5.74, 6) is 0.277. The summed E-state index contributed by atoms with van der Waals surface area (Å²) in [5, 5.41) is 12.7. The average Bonchev–Trinajstić information content (AvgIpc) is 2.43. The quantitative estimate of drug-likeness (QED) is 0.739. The number of hydrogen-bond donors (Lipinski definition) is 2. The van der Waals surface area contributed by atoms with Gasteiger partial charge in [0.1, 0.15) is 11.5 Å². The van der Waals surface area contributed by atoms with Gasteiger partial charge < -0.3 is 9.84 Å². The monoisotopic (exact) mass is 207 g/mol. The summed E-state index contributed by atoms with van der Waals surface area (Å²) < 4.78 is 5.79. The molecular weight excluding hydrogens is 190 g/mol. The van der Waals surface area contributed by atoms with Crippen molar-refractivity contribution in [3.63, 3.8) is 0 Å². The van der Waals surface area contributed by atoms with Crippen molar-refractivity contribution in [3.05, 3.63) is 29.8 Å². The molecule has 0 amide bonds. The van der Waals surface area contributed by atoms with Crippen LogP contribution in [0.2, 0.25) is 0 Å². The van der Waals surface area contributed by atoms with E-state index in [1.807, 2.05) is 19.1 Å². The van der Waals surface area contributed by atoms with E-state index in [-0.39, 0.29) is 11.3 Å². The lowest BCUT2D eigenvalue weighted by atomic mass is 10.0. The largest absolute Gasteiger partial charge is 0.508 e. The second-order valence-corrected chi connectivity index (χ2v) is 4.88. The standard InChI is InChI=1S/C12H17NO2/c1-11(2)8-15-12(3,13-11)9-4-6-10(14)7-5-9/h4-7,13-14H,8H2,1-3H3. The van der Waals surface area contributed by atoms with Crippen LogP contribution in [0.25, 0.3) is 0 Å². The Labute approximate surface area is 90.1 Å². The van der Waals surface area contributed by atoms with E-state index in [0.29, 0.717) is 6.61 Å². The summed E-state index contributed by atoms with van der Waals surface area (Å²) in [5.41, 5.74) is 0.579. The number of hydrogen-bond acceptors (Lipinski definition) is 3. The van der Waals surface area contributed by atoms with Crippen molar-refractivity contribution in [1.29, 1.82) is 0 Å². The minimum Gasteiger partial charge on any atom is -0.508 e. The van der Waals surface area contributed by atoms with Gasteiger partial charge in [0.05, 0.1) is 6.61 Å². The molecule has 1 fully saturated rings. The highest BCUT2D eigenvalue weighted by Gasteiger charge is 2.41. The molecule has 1 aliphatic heterocycles. The molecule has 0 aliphatic carbocycles. The first kappa shape index (κ1) is 10.5. The number of ether oxygens (including phenoxy) is 1. The average molecular weight is 207 g/mol. The molecule has 1 atom stereocenters. The number of benzene rings is 1. The highest BCUT2D eigenvalue weighted by Crippen LogP contribution is 2.32. The lowest BCUT2D eigenvalue weighted by Crippen LogP contribution is -2.44. The van der Waals surface area contributed by atoms with Crippen molar-refractivity contribution in [2.75, 3.05) is 6.61 Å². The van der Waals surface area contributed by atoms with Gasteiger partial charge in [0.15, 0.2) is 0 Å². The molecule has 1 aromatic carbocycles. The number of aromatic hydroxyl groups is 1. The van der Waals surface area contributed by atoms with Crippen molar-refractivity contribution in [2.24, 2.45) is 0 Å². The van der Waals surface area contributed by atoms with E-state index in [4.69, 9.17) is 4.74 Å². The molecular formula is C12H17NO2. The second-order valence-electron chi connectivity index (χ2n) is 4.88.